The lowest BCUT2D eigenvalue weighted by atomic mass is 10.0. The Labute approximate surface area is 116 Å². The Morgan fingerprint density at radius 3 is 2.32 bits per heavy atom. The van der Waals surface area contributed by atoms with Crippen LogP contribution >= 0.6 is 0 Å². The van der Waals surface area contributed by atoms with Crippen molar-refractivity contribution in [1.82, 2.24) is 4.90 Å². The Morgan fingerprint density at radius 2 is 1.68 bits per heavy atom. The second kappa shape index (κ2) is 5.96. The fraction of sp³-hybridized carbons (Fsp3) is 0.647. The van der Waals surface area contributed by atoms with E-state index in [9.17, 15) is 0 Å². The van der Waals surface area contributed by atoms with Crippen molar-refractivity contribution in [2.45, 2.75) is 38.1 Å². The third-order valence-corrected chi connectivity index (χ3v) is 4.96. The van der Waals surface area contributed by atoms with Crippen molar-refractivity contribution in [1.29, 1.82) is 0 Å². The molecule has 0 spiro atoms. The maximum absolute atomic E-state index is 5.76. The summed E-state index contributed by atoms with van der Waals surface area (Å²) < 4.78 is 5.76. The highest BCUT2D eigenvalue weighted by molar-refractivity contribution is 5.20. The summed E-state index contributed by atoms with van der Waals surface area (Å²) in [6.45, 7) is 2.00. The molecule has 0 amide bonds. The first-order valence-electron chi connectivity index (χ1n) is 7.72. The van der Waals surface area contributed by atoms with Crippen molar-refractivity contribution in [2.24, 2.45) is 11.8 Å². The molecule has 3 rings (SSSR count). The smallest absolute Gasteiger partial charge is 0.119 e. The molecule has 0 aromatic heterocycles. The van der Waals surface area contributed by atoms with Gasteiger partial charge in [0.05, 0.1) is 6.61 Å². The molecular weight excluding hydrogens is 234 g/mol. The van der Waals surface area contributed by atoms with E-state index in [0.717, 1.165) is 36.7 Å². The highest BCUT2D eigenvalue weighted by atomic mass is 16.5. The number of hydrogen-bond acceptors (Lipinski definition) is 2. The van der Waals surface area contributed by atoms with Crippen LogP contribution in [0.3, 0.4) is 0 Å². The SMILES string of the molecule is CN(CCCOc1ccccc1)C1C2CCC1CC2. The largest absolute Gasteiger partial charge is 0.494 e. The molecule has 0 aliphatic heterocycles. The number of fused-ring (bicyclic) bond motifs is 2. The number of hydrogen-bond donors (Lipinski definition) is 0. The topological polar surface area (TPSA) is 12.5 Å². The van der Waals surface area contributed by atoms with E-state index < -0.39 is 0 Å². The quantitative estimate of drug-likeness (QED) is 0.724. The van der Waals surface area contributed by atoms with E-state index in [2.05, 4.69) is 11.9 Å². The lowest BCUT2D eigenvalue weighted by Gasteiger charge is -2.28. The van der Waals surface area contributed by atoms with E-state index >= 15 is 0 Å². The molecule has 19 heavy (non-hydrogen) atoms. The highest BCUT2D eigenvalue weighted by Gasteiger charge is 2.43. The normalized spacial score (nSPS) is 29.1. The lowest BCUT2D eigenvalue weighted by molar-refractivity contribution is 0.178. The molecule has 2 aliphatic rings. The van der Waals surface area contributed by atoms with Crippen LogP contribution in [0.5, 0.6) is 5.75 Å². The molecule has 0 atom stereocenters. The summed E-state index contributed by atoms with van der Waals surface area (Å²) in [7, 11) is 2.31. The first-order chi connectivity index (χ1) is 9.34. The summed E-state index contributed by atoms with van der Waals surface area (Å²) in [6.07, 6.45) is 7.02. The molecule has 0 N–H and O–H groups in total. The second-order valence-corrected chi connectivity index (χ2v) is 6.16. The van der Waals surface area contributed by atoms with E-state index in [1.807, 2.05) is 30.3 Å². The van der Waals surface area contributed by atoms with E-state index in [4.69, 9.17) is 4.74 Å². The van der Waals surface area contributed by atoms with Crippen LogP contribution in [-0.2, 0) is 0 Å². The Balaban J connectivity index is 1.38. The van der Waals surface area contributed by atoms with Crippen LogP contribution in [0.4, 0.5) is 0 Å². The van der Waals surface area contributed by atoms with Gasteiger partial charge < -0.3 is 9.64 Å². The average molecular weight is 259 g/mol. The van der Waals surface area contributed by atoms with E-state index in [1.54, 1.807) is 0 Å². The maximum Gasteiger partial charge on any atom is 0.119 e. The van der Waals surface area contributed by atoms with Crippen molar-refractivity contribution in [2.75, 3.05) is 20.2 Å². The molecule has 0 heterocycles. The van der Waals surface area contributed by atoms with Gasteiger partial charge in [-0.2, -0.15) is 0 Å². The molecule has 2 fully saturated rings. The van der Waals surface area contributed by atoms with Gasteiger partial charge in [-0.1, -0.05) is 18.2 Å². The third kappa shape index (κ3) is 2.94. The molecule has 2 aliphatic carbocycles. The number of para-hydroxylation sites is 1. The molecule has 2 bridgehead atoms. The van der Waals surface area contributed by atoms with Gasteiger partial charge in [0.25, 0.3) is 0 Å². The molecular formula is C17H25NO. The number of benzene rings is 1. The van der Waals surface area contributed by atoms with Gasteiger partial charge in [-0.3, -0.25) is 0 Å². The van der Waals surface area contributed by atoms with Crippen molar-refractivity contribution in [3.63, 3.8) is 0 Å². The molecule has 0 unspecified atom stereocenters. The van der Waals surface area contributed by atoms with Crippen LogP contribution in [0.1, 0.15) is 32.1 Å². The molecule has 0 saturated heterocycles. The molecule has 0 radical (unpaired) electrons. The van der Waals surface area contributed by atoms with Crippen molar-refractivity contribution >= 4 is 0 Å². The van der Waals surface area contributed by atoms with E-state index in [-0.39, 0.29) is 0 Å². The zero-order chi connectivity index (χ0) is 13.1. The summed E-state index contributed by atoms with van der Waals surface area (Å²) in [4.78, 5) is 2.60. The minimum Gasteiger partial charge on any atom is -0.494 e. The number of rotatable bonds is 6. The number of ether oxygens (including phenoxy) is 1. The standard InChI is InChI=1S/C17H25NO/c1-18(17-14-8-9-15(17)11-10-14)12-5-13-19-16-6-3-2-4-7-16/h2-4,6-7,14-15,17H,5,8-13H2,1H3. The first-order valence-corrected chi connectivity index (χ1v) is 7.72. The molecule has 2 nitrogen and oxygen atoms in total. The van der Waals surface area contributed by atoms with Crippen LogP contribution in [0.25, 0.3) is 0 Å². The van der Waals surface area contributed by atoms with Crippen molar-refractivity contribution in [3.05, 3.63) is 30.3 Å². The Kier molecular flexibility index (Phi) is 4.07. The van der Waals surface area contributed by atoms with Crippen LogP contribution < -0.4 is 4.74 Å². The minimum atomic E-state index is 0.830. The summed E-state index contributed by atoms with van der Waals surface area (Å²) in [6, 6.07) is 11.0. The number of nitrogens with zero attached hydrogens (tertiary/aromatic N) is 1. The summed E-state index contributed by atoms with van der Waals surface area (Å²) in [5.41, 5.74) is 0. The zero-order valence-electron chi connectivity index (χ0n) is 11.9. The molecule has 1 aromatic carbocycles. The average Bonchev–Trinajstić information content (AvgIpc) is 3.04. The Morgan fingerprint density at radius 1 is 1.05 bits per heavy atom. The first kappa shape index (κ1) is 13.0. The van der Waals surface area contributed by atoms with Gasteiger partial charge in [-0.25, -0.2) is 0 Å². The Bertz CT molecular complexity index is 372. The van der Waals surface area contributed by atoms with Gasteiger partial charge in [0.15, 0.2) is 0 Å². The van der Waals surface area contributed by atoms with E-state index in [1.165, 1.54) is 32.2 Å². The van der Waals surface area contributed by atoms with Crippen LogP contribution in [-0.4, -0.2) is 31.1 Å². The van der Waals surface area contributed by atoms with Gasteiger partial charge >= 0.3 is 0 Å². The predicted octanol–water partition coefficient (Wildman–Crippen LogP) is 3.58. The van der Waals surface area contributed by atoms with Crippen molar-refractivity contribution in [3.8, 4) is 5.75 Å². The molecule has 2 heteroatoms. The zero-order valence-corrected chi connectivity index (χ0v) is 11.9. The van der Waals surface area contributed by atoms with Gasteiger partial charge in [-0.05, 0) is 63.1 Å². The predicted molar refractivity (Wildman–Crippen MR) is 78.4 cm³/mol. The summed E-state index contributed by atoms with van der Waals surface area (Å²) >= 11 is 0. The van der Waals surface area contributed by atoms with Gasteiger partial charge in [0.2, 0.25) is 0 Å². The maximum atomic E-state index is 5.76. The van der Waals surface area contributed by atoms with E-state index in [0.29, 0.717) is 0 Å². The second-order valence-electron chi connectivity index (χ2n) is 6.16. The molecule has 104 valence electrons. The molecule has 2 saturated carbocycles. The van der Waals surface area contributed by atoms with Crippen LogP contribution in [0, 0.1) is 11.8 Å². The lowest BCUT2D eigenvalue weighted by Crippen LogP contribution is -2.36. The van der Waals surface area contributed by atoms with Gasteiger partial charge in [0.1, 0.15) is 5.75 Å². The van der Waals surface area contributed by atoms with Gasteiger partial charge in [0, 0.05) is 12.6 Å². The Hall–Kier alpha value is -1.02. The molecule has 1 aromatic rings. The van der Waals surface area contributed by atoms with Gasteiger partial charge in [-0.15, -0.1) is 0 Å². The monoisotopic (exact) mass is 259 g/mol. The summed E-state index contributed by atoms with van der Waals surface area (Å²) in [5.74, 6) is 2.97. The minimum absolute atomic E-state index is 0.830. The van der Waals surface area contributed by atoms with Crippen molar-refractivity contribution < 1.29 is 4.74 Å². The fourth-order valence-corrected chi connectivity index (χ4v) is 4.10. The van der Waals surface area contributed by atoms with Crippen LogP contribution in [0.15, 0.2) is 30.3 Å². The fourth-order valence-electron chi connectivity index (χ4n) is 4.10. The highest BCUT2D eigenvalue weighted by Crippen LogP contribution is 2.46. The third-order valence-electron chi connectivity index (χ3n) is 4.96. The van der Waals surface area contributed by atoms with Crippen LogP contribution in [0.2, 0.25) is 0 Å². The summed E-state index contributed by atoms with van der Waals surface area (Å²) in [5, 5.41) is 0.